The first-order chi connectivity index (χ1) is 10.2. The third-order valence-electron chi connectivity index (χ3n) is 3.58. The number of carboxylic acid groups (broad SMARTS) is 1. The van der Waals surface area contributed by atoms with Gasteiger partial charge >= 0.3 is 5.97 Å². The van der Waals surface area contributed by atoms with Crippen LogP contribution in [0.5, 0.6) is 0 Å². The van der Waals surface area contributed by atoms with Crippen molar-refractivity contribution in [3.63, 3.8) is 0 Å². The molecule has 0 amide bonds. The van der Waals surface area contributed by atoms with E-state index in [2.05, 4.69) is 9.97 Å². The monoisotopic (exact) mass is 280 g/mol. The van der Waals surface area contributed by atoms with Crippen molar-refractivity contribution in [1.82, 2.24) is 9.97 Å². The molecule has 21 heavy (non-hydrogen) atoms. The maximum atomic E-state index is 11.5. The molecule has 1 aliphatic rings. The molecule has 0 saturated heterocycles. The molecule has 0 radical (unpaired) electrons. The minimum absolute atomic E-state index is 0.211. The molecule has 2 aromatic rings. The predicted octanol–water partition coefficient (Wildman–Crippen LogP) is 1.36. The first kappa shape index (κ1) is 13.1. The number of aromatic nitrogens is 2. The Kier molecular flexibility index (Phi) is 3.24. The molecule has 104 valence electrons. The van der Waals surface area contributed by atoms with Gasteiger partial charge in [-0.15, -0.1) is 0 Å². The smallest absolute Gasteiger partial charge is 0.326 e. The van der Waals surface area contributed by atoms with Crippen LogP contribution in [0.15, 0.2) is 36.7 Å². The van der Waals surface area contributed by atoms with Crippen LogP contribution in [0.1, 0.15) is 16.8 Å². The molecule has 1 atom stereocenters. The van der Waals surface area contributed by atoms with E-state index in [0.29, 0.717) is 18.8 Å². The molecule has 1 aliphatic heterocycles. The van der Waals surface area contributed by atoms with E-state index in [4.69, 9.17) is 5.26 Å². The molecular weight excluding hydrogens is 268 g/mol. The Labute approximate surface area is 121 Å². The van der Waals surface area contributed by atoms with Crippen LogP contribution in [-0.4, -0.2) is 27.1 Å². The zero-order valence-corrected chi connectivity index (χ0v) is 11.1. The highest BCUT2D eigenvalue weighted by molar-refractivity contribution is 5.79. The van der Waals surface area contributed by atoms with Crippen LogP contribution in [0.2, 0.25) is 0 Å². The zero-order chi connectivity index (χ0) is 14.8. The van der Waals surface area contributed by atoms with E-state index in [1.807, 2.05) is 30.3 Å². The Morgan fingerprint density at radius 2 is 2.05 bits per heavy atom. The minimum Gasteiger partial charge on any atom is -0.480 e. The second-order valence-corrected chi connectivity index (χ2v) is 4.83. The summed E-state index contributed by atoms with van der Waals surface area (Å²) < 4.78 is 0. The largest absolute Gasteiger partial charge is 0.480 e. The standard InChI is InChI=1S/C15H12N4O2/c16-6-12-7-18-14(8-17-12)19-9-11-4-2-1-3-10(11)5-13(19)15(20)21/h1-4,7-8,13H,5,9H2,(H,20,21). The molecule has 0 bridgehead atoms. The average molecular weight is 280 g/mol. The van der Waals surface area contributed by atoms with Crippen molar-refractivity contribution < 1.29 is 9.90 Å². The molecule has 2 heterocycles. The van der Waals surface area contributed by atoms with Crippen LogP contribution in [0.3, 0.4) is 0 Å². The van der Waals surface area contributed by atoms with Crippen LogP contribution >= 0.6 is 0 Å². The number of rotatable bonds is 2. The van der Waals surface area contributed by atoms with Crippen molar-refractivity contribution in [2.24, 2.45) is 0 Å². The van der Waals surface area contributed by atoms with Crippen molar-refractivity contribution in [1.29, 1.82) is 5.26 Å². The van der Waals surface area contributed by atoms with Gasteiger partial charge in [0.15, 0.2) is 5.69 Å². The minimum atomic E-state index is -0.893. The number of hydrogen-bond donors (Lipinski definition) is 1. The lowest BCUT2D eigenvalue weighted by Crippen LogP contribution is -2.46. The van der Waals surface area contributed by atoms with Gasteiger partial charge in [0.05, 0.1) is 12.4 Å². The predicted molar refractivity (Wildman–Crippen MR) is 74.5 cm³/mol. The highest BCUT2D eigenvalue weighted by atomic mass is 16.4. The van der Waals surface area contributed by atoms with Crippen LogP contribution < -0.4 is 4.90 Å². The molecule has 0 saturated carbocycles. The van der Waals surface area contributed by atoms with E-state index in [-0.39, 0.29) is 5.69 Å². The third-order valence-corrected chi connectivity index (χ3v) is 3.58. The lowest BCUT2D eigenvalue weighted by atomic mass is 9.94. The maximum Gasteiger partial charge on any atom is 0.326 e. The second kappa shape index (κ2) is 5.21. The Morgan fingerprint density at radius 1 is 1.29 bits per heavy atom. The number of aliphatic carboxylic acids is 1. The van der Waals surface area contributed by atoms with Crippen molar-refractivity contribution in [2.75, 3.05) is 4.90 Å². The van der Waals surface area contributed by atoms with Gasteiger partial charge in [0, 0.05) is 13.0 Å². The van der Waals surface area contributed by atoms with E-state index in [0.717, 1.165) is 11.1 Å². The van der Waals surface area contributed by atoms with E-state index in [9.17, 15) is 9.90 Å². The van der Waals surface area contributed by atoms with Gasteiger partial charge < -0.3 is 10.0 Å². The van der Waals surface area contributed by atoms with Gasteiger partial charge in [0.25, 0.3) is 0 Å². The van der Waals surface area contributed by atoms with Gasteiger partial charge in [-0.3, -0.25) is 0 Å². The summed E-state index contributed by atoms with van der Waals surface area (Å²) in [5, 5.41) is 18.2. The van der Waals surface area contributed by atoms with E-state index >= 15 is 0 Å². The molecule has 0 fully saturated rings. The van der Waals surface area contributed by atoms with Gasteiger partial charge in [0.1, 0.15) is 17.9 Å². The highest BCUT2D eigenvalue weighted by Gasteiger charge is 2.32. The van der Waals surface area contributed by atoms with Crippen LogP contribution in [-0.2, 0) is 17.8 Å². The lowest BCUT2D eigenvalue weighted by Gasteiger charge is -2.35. The molecule has 1 unspecified atom stereocenters. The summed E-state index contributed by atoms with van der Waals surface area (Å²) in [5.41, 5.74) is 2.34. The molecular formula is C15H12N4O2. The fourth-order valence-electron chi connectivity index (χ4n) is 2.51. The second-order valence-electron chi connectivity index (χ2n) is 4.83. The quantitative estimate of drug-likeness (QED) is 0.893. The number of carboxylic acids is 1. The van der Waals surface area contributed by atoms with Gasteiger partial charge in [-0.1, -0.05) is 24.3 Å². The number of benzene rings is 1. The molecule has 1 aromatic carbocycles. The van der Waals surface area contributed by atoms with Gasteiger partial charge in [0.2, 0.25) is 0 Å². The van der Waals surface area contributed by atoms with Crippen LogP contribution in [0.25, 0.3) is 0 Å². The SMILES string of the molecule is N#Cc1cnc(N2Cc3ccccc3CC2C(=O)O)cn1. The number of fused-ring (bicyclic) bond motifs is 1. The van der Waals surface area contributed by atoms with Crippen LogP contribution in [0, 0.1) is 11.3 Å². The van der Waals surface area contributed by atoms with Gasteiger partial charge in [-0.05, 0) is 11.1 Å². The Morgan fingerprint density at radius 3 is 2.67 bits per heavy atom. The number of anilines is 1. The number of carbonyl (C=O) groups is 1. The van der Waals surface area contributed by atoms with Crippen molar-refractivity contribution >= 4 is 11.8 Å². The zero-order valence-electron chi connectivity index (χ0n) is 11.1. The van der Waals surface area contributed by atoms with Crippen LogP contribution in [0.4, 0.5) is 5.82 Å². The number of hydrogen-bond acceptors (Lipinski definition) is 5. The molecule has 0 spiro atoms. The van der Waals surface area contributed by atoms with E-state index in [1.54, 1.807) is 4.90 Å². The molecule has 3 rings (SSSR count). The molecule has 1 N–H and O–H groups in total. The summed E-state index contributed by atoms with van der Waals surface area (Å²) in [5.74, 6) is -0.424. The van der Waals surface area contributed by atoms with Crippen molar-refractivity contribution in [3.8, 4) is 6.07 Å². The first-order valence-corrected chi connectivity index (χ1v) is 6.47. The van der Waals surface area contributed by atoms with Gasteiger partial charge in [-0.2, -0.15) is 5.26 Å². The number of nitriles is 1. The Hall–Kier alpha value is -2.94. The fourth-order valence-corrected chi connectivity index (χ4v) is 2.51. The highest BCUT2D eigenvalue weighted by Crippen LogP contribution is 2.27. The summed E-state index contributed by atoms with van der Waals surface area (Å²) in [7, 11) is 0. The average Bonchev–Trinajstić information content (AvgIpc) is 2.53. The topological polar surface area (TPSA) is 90.1 Å². The summed E-state index contributed by atoms with van der Waals surface area (Å²) >= 11 is 0. The van der Waals surface area contributed by atoms with Crippen molar-refractivity contribution in [3.05, 3.63) is 53.5 Å². The fraction of sp³-hybridized carbons (Fsp3) is 0.200. The summed E-state index contributed by atoms with van der Waals surface area (Å²) in [4.78, 5) is 21.4. The lowest BCUT2D eigenvalue weighted by molar-refractivity contribution is -0.138. The molecule has 6 nitrogen and oxygen atoms in total. The first-order valence-electron chi connectivity index (χ1n) is 6.47. The molecule has 0 aliphatic carbocycles. The van der Waals surface area contributed by atoms with E-state index < -0.39 is 12.0 Å². The Bertz CT molecular complexity index is 721. The van der Waals surface area contributed by atoms with E-state index in [1.165, 1.54) is 12.4 Å². The maximum absolute atomic E-state index is 11.5. The summed E-state index contributed by atoms with van der Waals surface area (Å²) in [6, 6.07) is 9.00. The van der Waals surface area contributed by atoms with Crippen molar-refractivity contribution in [2.45, 2.75) is 19.0 Å². The number of nitrogens with zero attached hydrogens (tertiary/aromatic N) is 4. The molecule has 6 heteroatoms. The molecule has 1 aromatic heterocycles. The Balaban J connectivity index is 1.99. The third kappa shape index (κ3) is 2.41. The normalized spacial score (nSPS) is 16.9. The van der Waals surface area contributed by atoms with Gasteiger partial charge in [-0.25, -0.2) is 14.8 Å². The summed E-state index contributed by atoms with van der Waals surface area (Å²) in [6.45, 7) is 0.466. The summed E-state index contributed by atoms with van der Waals surface area (Å²) in [6.07, 6.45) is 3.23.